The van der Waals surface area contributed by atoms with Gasteiger partial charge in [-0.3, -0.25) is 4.79 Å². The standard InChI is InChI=1S/C19H13N3O4/c1-11-7-9-13(10-8-11)22-18(23)15-14(16(20-22)19(24)25)17(26-21-15)12-5-3-2-4-6-12/h2-10H,1H3,(H,24,25). The van der Waals surface area contributed by atoms with Crippen molar-refractivity contribution in [3.05, 3.63) is 76.2 Å². The average Bonchev–Trinajstić information content (AvgIpc) is 3.09. The maximum absolute atomic E-state index is 12.8. The number of aromatic carboxylic acids is 1. The van der Waals surface area contributed by atoms with Gasteiger partial charge in [-0.15, -0.1) is 0 Å². The molecule has 2 heterocycles. The largest absolute Gasteiger partial charge is 0.476 e. The summed E-state index contributed by atoms with van der Waals surface area (Å²) in [7, 11) is 0. The second kappa shape index (κ2) is 5.96. The lowest BCUT2D eigenvalue weighted by Gasteiger charge is -2.07. The average molecular weight is 347 g/mol. The summed E-state index contributed by atoms with van der Waals surface area (Å²) in [5.74, 6) is -1.06. The summed E-state index contributed by atoms with van der Waals surface area (Å²) in [6.45, 7) is 1.91. The van der Waals surface area contributed by atoms with Gasteiger partial charge in [0.05, 0.1) is 11.1 Å². The highest BCUT2D eigenvalue weighted by atomic mass is 16.5. The van der Waals surface area contributed by atoms with E-state index in [0.717, 1.165) is 10.2 Å². The first-order chi connectivity index (χ1) is 12.6. The Morgan fingerprint density at radius 1 is 1.08 bits per heavy atom. The van der Waals surface area contributed by atoms with Crippen LogP contribution >= 0.6 is 0 Å². The molecule has 2 aromatic heterocycles. The molecule has 0 aliphatic heterocycles. The molecule has 0 spiro atoms. The van der Waals surface area contributed by atoms with E-state index < -0.39 is 11.5 Å². The molecule has 0 amide bonds. The maximum Gasteiger partial charge on any atom is 0.357 e. The molecule has 7 nitrogen and oxygen atoms in total. The van der Waals surface area contributed by atoms with Gasteiger partial charge in [-0.05, 0) is 19.1 Å². The molecule has 0 saturated heterocycles. The summed E-state index contributed by atoms with van der Waals surface area (Å²) >= 11 is 0. The molecule has 0 aliphatic rings. The quantitative estimate of drug-likeness (QED) is 0.612. The number of carbonyl (C=O) groups is 1. The van der Waals surface area contributed by atoms with E-state index in [4.69, 9.17) is 4.52 Å². The summed E-state index contributed by atoms with van der Waals surface area (Å²) in [4.78, 5) is 24.6. The van der Waals surface area contributed by atoms with Crippen LogP contribution in [0.5, 0.6) is 0 Å². The Balaban J connectivity index is 2.05. The summed E-state index contributed by atoms with van der Waals surface area (Å²) in [5, 5.41) is 17.6. The Bertz CT molecular complexity index is 1180. The van der Waals surface area contributed by atoms with Gasteiger partial charge in [-0.25, -0.2) is 4.79 Å². The molecule has 2 aromatic carbocycles. The van der Waals surface area contributed by atoms with Crippen LogP contribution < -0.4 is 5.56 Å². The minimum absolute atomic E-state index is 0.0724. The third-order valence-corrected chi connectivity index (χ3v) is 4.04. The second-order valence-corrected chi connectivity index (χ2v) is 5.81. The Hall–Kier alpha value is -3.74. The smallest absolute Gasteiger partial charge is 0.357 e. The lowest BCUT2D eigenvalue weighted by Crippen LogP contribution is -2.24. The highest BCUT2D eigenvalue weighted by Crippen LogP contribution is 2.29. The van der Waals surface area contributed by atoms with Gasteiger partial charge in [-0.1, -0.05) is 53.2 Å². The number of hydrogen-bond donors (Lipinski definition) is 1. The van der Waals surface area contributed by atoms with Gasteiger partial charge in [-0.2, -0.15) is 9.78 Å². The zero-order chi connectivity index (χ0) is 18.3. The van der Waals surface area contributed by atoms with Crippen LogP contribution in [0, 0.1) is 6.92 Å². The molecule has 0 bridgehead atoms. The SMILES string of the molecule is Cc1ccc(-n2nc(C(=O)O)c3c(-c4ccccc4)onc3c2=O)cc1. The number of nitrogens with zero attached hydrogens (tertiary/aromatic N) is 3. The van der Waals surface area contributed by atoms with E-state index in [0.29, 0.717) is 11.3 Å². The van der Waals surface area contributed by atoms with Crippen molar-refractivity contribution in [1.29, 1.82) is 0 Å². The summed E-state index contributed by atoms with van der Waals surface area (Å²) in [6, 6.07) is 15.9. The van der Waals surface area contributed by atoms with E-state index >= 15 is 0 Å². The van der Waals surface area contributed by atoms with Crippen molar-refractivity contribution in [2.75, 3.05) is 0 Å². The van der Waals surface area contributed by atoms with Crippen molar-refractivity contribution in [2.24, 2.45) is 0 Å². The molecular weight excluding hydrogens is 334 g/mol. The van der Waals surface area contributed by atoms with Crippen LogP contribution in [0.1, 0.15) is 16.1 Å². The predicted octanol–water partition coefficient (Wildman–Crippen LogP) is 3.05. The second-order valence-electron chi connectivity index (χ2n) is 5.81. The Kier molecular flexibility index (Phi) is 3.62. The summed E-state index contributed by atoms with van der Waals surface area (Å²) in [5.41, 5.74) is 1.17. The topological polar surface area (TPSA) is 98.2 Å². The van der Waals surface area contributed by atoms with E-state index in [9.17, 15) is 14.7 Å². The van der Waals surface area contributed by atoms with Crippen molar-refractivity contribution < 1.29 is 14.4 Å². The molecule has 128 valence electrons. The number of rotatable bonds is 3. The molecule has 0 atom stereocenters. The Labute approximate surface area is 147 Å². The van der Waals surface area contributed by atoms with E-state index in [2.05, 4.69) is 10.3 Å². The monoisotopic (exact) mass is 347 g/mol. The van der Waals surface area contributed by atoms with Crippen LogP contribution in [0.15, 0.2) is 63.9 Å². The minimum atomic E-state index is -1.27. The number of aryl methyl sites for hydroxylation is 1. The lowest BCUT2D eigenvalue weighted by atomic mass is 10.1. The number of aromatic nitrogens is 3. The summed E-state index contributed by atoms with van der Waals surface area (Å²) in [6.07, 6.45) is 0. The number of fused-ring (bicyclic) bond motifs is 1. The van der Waals surface area contributed by atoms with Crippen molar-refractivity contribution in [3.8, 4) is 17.0 Å². The fraction of sp³-hybridized carbons (Fsp3) is 0.0526. The number of hydrogen-bond acceptors (Lipinski definition) is 5. The molecular formula is C19H13N3O4. The molecule has 26 heavy (non-hydrogen) atoms. The highest BCUT2D eigenvalue weighted by Gasteiger charge is 2.24. The van der Waals surface area contributed by atoms with Crippen molar-refractivity contribution in [3.63, 3.8) is 0 Å². The molecule has 4 rings (SSSR count). The zero-order valence-electron chi connectivity index (χ0n) is 13.7. The van der Waals surface area contributed by atoms with Crippen LogP contribution in [-0.2, 0) is 0 Å². The van der Waals surface area contributed by atoms with Gasteiger partial charge in [0.25, 0.3) is 0 Å². The molecule has 0 fully saturated rings. The minimum Gasteiger partial charge on any atom is -0.476 e. The third kappa shape index (κ3) is 2.46. The van der Waals surface area contributed by atoms with E-state index in [-0.39, 0.29) is 22.4 Å². The molecule has 1 N–H and O–H groups in total. The van der Waals surface area contributed by atoms with E-state index in [1.165, 1.54) is 0 Å². The van der Waals surface area contributed by atoms with E-state index in [1.807, 2.05) is 25.1 Å². The van der Waals surface area contributed by atoms with E-state index in [1.54, 1.807) is 36.4 Å². The van der Waals surface area contributed by atoms with Gasteiger partial charge >= 0.3 is 11.5 Å². The predicted molar refractivity (Wildman–Crippen MR) is 94.5 cm³/mol. The molecule has 0 aliphatic carbocycles. The Morgan fingerprint density at radius 3 is 2.42 bits per heavy atom. The maximum atomic E-state index is 12.8. The fourth-order valence-corrected chi connectivity index (χ4v) is 2.75. The first-order valence-electron chi connectivity index (χ1n) is 7.85. The zero-order valence-corrected chi connectivity index (χ0v) is 13.7. The molecule has 0 saturated carbocycles. The van der Waals surface area contributed by atoms with Crippen LogP contribution in [0.4, 0.5) is 0 Å². The normalized spacial score (nSPS) is 11.0. The lowest BCUT2D eigenvalue weighted by molar-refractivity contribution is 0.0691. The first kappa shape index (κ1) is 15.8. The number of carboxylic acid groups (broad SMARTS) is 1. The third-order valence-electron chi connectivity index (χ3n) is 4.04. The van der Waals surface area contributed by atoms with Crippen LogP contribution in [0.25, 0.3) is 27.9 Å². The van der Waals surface area contributed by atoms with Crippen molar-refractivity contribution in [1.82, 2.24) is 14.9 Å². The number of benzene rings is 2. The fourth-order valence-electron chi connectivity index (χ4n) is 2.75. The van der Waals surface area contributed by atoms with Gasteiger partial charge in [0.15, 0.2) is 17.0 Å². The van der Waals surface area contributed by atoms with Crippen molar-refractivity contribution in [2.45, 2.75) is 6.92 Å². The number of carboxylic acids is 1. The molecule has 0 radical (unpaired) electrons. The van der Waals surface area contributed by atoms with Crippen LogP contribution in [0.2, 0.25) is 0 Å². The Morgan fingerprint density at radius 2 is 1.77 bits per heavy atom. The van der Waals surface area contributed by atoms with Crippen LogP contribution in [0.3, 0.4) is 0 Å². The van der Waals surface area contributed by atoms with Crippen molar-refractivity contribution >= 4 is 16.9 Å². The first-order valence-corrected chi connectivity index (χ1v) is 7.85. The van der Waals surface area contributed by atoms with Gasteiger partial charge in [0.1, 0.15) is 0 Å². The van der Waals surface area contributed by atoms with Gasteiger partial charge in [0, 0.05) is 5.56 Å². The molecule has 7 heteroatoms. The van der Waals surface area contributed by atoms with Crippen LogP contribution in [-0.4, -0.2) is 26.0 Å². The van der Waals surface area contributed by atoms with Gasteiger partial charge in [0.2, 0.25) is 0 Å². The molecule has 0 unspecified atom stereocenters. The summed E-state index contributed by atoms with van der Waals surface area (Å²) < 4.78 is 6.35. The van der Waals surface area contributed by atoms with Gasteiger partial charge < -0.3 is 9.63 Å². The molecule has 4 aromatic rings. The highest BCUT2D eigenvalue weighted by molar-refractivity contribution is 6.05.